The van der Waals surface area contributed by atoms with Crippen molar-refractivity contribution in [1.82, 2.24) is 10.2 Å². The number of rotatable bonds is 13. The van der Waals surface area contributed by atoms with Crippen LogP contribution < -0.4 is 11.1 Å². The number of hydrogen-bond donors (Lipinski definition) is 3. The van der Waals surface area contributed by atoms with E-state index >= 15 is 0 Å². The normalized spacial score (nSPS) is 18.9. The van der Waals surface area contributed by atoms with Crippen LogP contribution >= 0.6 is 0 Å². The van der Waals surface area contributed by atoms with Gasteiger partial charge in [0.1, 0.15) is 12.1 Å². The molecular formula is C19H35N3O5. The predicted molar refractivity (Wildman–Crippen MR) is 102 cm³/mol. The number of nitrogens with two attached hydrogens (primary N) is 1. The zero-order valence-corrected chi connectivity index (χ0v) is 16.6. The third kappa shape index (κ3) is 7.84. The summed E-state index contributed by atoms with van der Waals surface area (Å²) in [6.45, 7) is 4.83. The highest BCUT2D eigenvalue weighted by molar-refractivity contribution is 5.88. The molecule has 8 nitrogen and oxygen atoms in total. The molecule has 1 heterocycles. The molecule has 4 N–H and O–H groups in total. The Labute approximate surface area is 161 Å². The summed E-state index contributed by atoms with van der Waals surface area (Å²) in [5, 5.41) is 12.3. The fourth-order valence-corrected chi connectivity index (χ4v) is 3.44. The molecule has 1 amide bonds. The van der Waals surface area contributed by atoms with E-state index in [2.05, 4.69) is 5.32 Å². The van der Waals surface area contributed by atoms with Gasteiger partial charge in [-0.3, -0.25) is 14.9 Å². The molecule has 1 rings (SSSR count). The van der Waals surface area contributed by atoms with Crippen molar-refractivity contribution in [3.05, 3.63) is 0 Å². The van der Waals surface area contributed by atoms with E-state index in [9.17, 15) is 19.5 Å². The molecule has 0 aromatic carbocycles. The van der Waals surface area contributed by atoms with Crippen molar-refractivity contribution in [2.24, 2.45) is 5.73 Å². The summed E-state index contributed by atoms with van der Waals surface area (Å²) in [7, 11) is 0. The summed E-state index contributed by atoms with van der Waals surface area (Å²) in [4.78, 5) is 37.6. The number of amides is 1. The molecular weight excluding hydrogens is 350 g/mol. The maximum atomic E-state index is 12.7. The standard InChI is InChI=1S/C19H35N3O5/c1-3-27-19(26)15(10-7-5-4-6-8-12-20)21-14(2)17(23)22-13-9-11-16(22)18(24)25/h14-16,21H,3-13,20H2,1-2H3,(H,24,25)/t14-,15?,16-/m0/s1. The van der Waals surface area contributed by atoms with Gasteiger partial charge in [-0.25, -0.2) is 4.79 Å². The van der Waals surface area contributed by atoms with Crippen LogP contribution in [0.2, 0.25) is 0 Å². The topological polar surface area (TPSA) is 122 Å². The highest BCUT2D eigenvalue weighted by atomic mass is 16.5. The molecule has 1 saturated heterocycles. The first-order valence-corrected chi connectivity index (χ1v) is 10.1. The lowest BCUT2D eigenvalue weighted by Crippen LogP contribution is -2.53. The molecule has 0 aromatic heterocycles. The first-order valence-electron chi connectivity index (χ1n) is 10.1. The van der Waals surface area contributed by atoms with Gasteiger partial charge in [-0.1, -0.05) is 25.7 Å². The Kier molecular flexibility index (Phi) is 11.0. The zero-order chi connectivity index (χ0) is 20.2. The van der Waals surface area contributed by atoms with E-state index in [4.69, 9.17) is 10.5 Å². The second-order valence-electron chi connectivity index (χ2n) is 7.07. The van der Waals surface area contributed by atoms with Gasteiger partial charge in [-0.2, -0.15) is 0 Å². The van der Waals surface area contributed by atoms with Crippen molar-refractivity contribution >= 4 is 17.8 Å². The van der Waals surface area contributed by atoms with E-state index < -0.39 is 24.1 Å². The van der Waals surface area contributed by atoms with Crippen LogP contribution in [0.1, 0.15) is 65.2 Å². The maximum absolute atomic E-state index is 12.7. The number of carbonyl (C=O) groups is 3. The van der Waals surface area contributed by atoms with E-state index in [-0.39, 0.29) is 18.5 Å². The van der Waals surface area contributed by atoms with Gasteiger partial charge < -0.3 is 20.5 Å². The molecule has 0 spiro atoms. The second-order valence-corrected chi connectivity index (χ2v) is 7.07. The van der Waals surface area contributed by atoms with Crippen LogP contribution in [-0.2, 0) is 19.1 Å². The zero-order valence-electron chi connectivity index (χ0n) is 16.6. The third-order valence-corrected chi connectivity index (χ3v) is 4.91. The number of nitrogens with one attached hydrogen (secondary N) is 1. The molecule has 8 heteroatoms. The Bertz CT molecular complexity index is 486. The fraction of sp³-hybridized carbons (Fsp3) is 0.842. The van der Waals surface area contributed by atoms with Crippen LogP contribution in [0.4, 0.5) is 0 Å². The van der Waals surface area contributed by atoms with Gasteiger partial charge in [0.05, 0.1) is 12.6 Å². The summed E-state index contributed by atoms with van der Waals surface area (Å²) in [5.41, 5.74) is 5.48. The van der Waals surface area contributed by atoms with Gasteiger partial charge in [-0.15, -0.1) is 0 Å². The Morgan fingerprint density at radius 1 is 1.22 bits per heavy atom. The lowest BCUT2D eigenvalue weighted by Gasteiger charge is -2.27. The molecule has 1 aliphatic rings. The Morgan fingerprint density at radius 2 is 1.89 bits per heavy atom. The highest BCUT2D eigenvalue weighted by Crippen LogP contribution is 2.19. The molecule has 0 aromatic rings. The van der Waals surface area contributed by atoms with Crippen molar-refractivity contribution in [3.63, 3.8) is 0 Å². The van der Waals surface area contributed by atoms with Crippen LogP contribution in [0.25, 0.3) is 0 Å². The molecule has 0 radical (unpaired) electrons. The minimum atomic E-state index is -0.979. The summed E-state index contributed by atoms with van der Waals surface area (Å²) in [6.07, 6.45) is 6.73. The summed E-state index contributed by atoms with van der Waals surface area (Å²) in [5.74, 6) is -1.63. The quantitative estimate of drug-likeness (QED) is 0.322. The minimum Gasteiger partial charge on any atom is -0.480 e. The number of carboxylic acid groups (broad SMARTS) is 1. The number of aliphatic carboxylic acids is 1. The SMILES string of the molecule is CCOC(=O)C(CCCCCCCN)N[C@@H](C)C(=O)N1CCC[C@H]1C(=O)O. The van der Waals surface area contributed by atoms with Crippen molar-refractivity contribution in [2.45, 2.75) is 83.3 Å². The van der Waals surface area contributed by atoms with Crippen LogP contribution in [0.15, 0.2) is 0 Å². The number of ether oxygens (including phenoxy) is 1. The number of carboxylic acids is 1. The lowest BCUT2D eigenvalue weighted by atomic mass is 10.0. The van der Waals surface area contributed by atoms with Crippen molar-refractivity contribution in [1.29, 1.82) is 0 Å². The first-order chi connectivity index (χ1) is 12.9. The maximum Gasteiger partial charge on any atom is 0.326 e. The van der Waals surface area contributed by atoms with Gasteiger partial charge in [0, 0.05) is 6.54 Å². The van der Waals surface area contributed by atoms with Gasteiger partial charge in [-0.05, 0) is 46.1 Å². The number of hydrogen-bond acceptors (Lipinski definition) is 6. The van der Waals surface area contributed by atoms with Gasteiger partial charge in [0.2, 0.25) is 5.91 Å². The Balaban J connectivity index is 2.58. The summed E-state index contributed by atoms with van der Waals surface area (Å²) >= 11 is 0. The number of carbonyl (C=O) groups excluding carboxylic acids is 2. The molecule has 1 aliphatic heterocycles. The van der Waals surface area contributed by atoms with E-state index in [1.165, 1.54) is 4.90 Å². The minimum absolute atomic E-state index is 0.280. The van der Waals surface area contributed by atoms with E-state index in [1.54, 1.807) is 13.8 Å². The fourth-order valence-electron chi connectivity index (χ4n) is 3.44. The van der Waals surface area contributed by atoms with Crippen LogP contribution in [0.5, 0.6) is 0 Å². The largest absolute Gasteiger partial charge is 0.480 e. The molecule has 156 valence electrons. The average Bonchev–Trinajstić information content (AvgIpc) is 3.13. The molecule has 3 atom stereocenters. The Hall–Kier alpha value is -1.67. The monoisotopic (exact) mass is 385 g/mol. The molecule has 1 unspecified atom stereocenters. The van der Waals surface area contributed by atoms with E-state index in [0.717, 1.165) is 32.1 Å². The molecule has 27 heavy (non-hydrogen) atoms. The summed E-state index contributed by atoms with van der Waals surface area (Å²) < 4.78 is 5.13. The van der Waals surface area contributed by atoms with Crippen molar-refractivity contribution < 1.29 is 24.2 Å². The lowest BCUT2D eigenvalue weighted by molar-refractivity contribution is -0.150. The van der Waals surface area contributed by atoms with E-state index in [1.807, 2.05) is 0 Å². The second kappa shape index (κ2) is 12.7. The van der Waals surface area contributed by atoms with Crippen LogP contribution in [0, 0.1) is 0 Å². The first kappa shape index (κ1) is 23.4. The molecule has 0 saturated carbocycles. The Morgan fingerprint density at radius 3 is 2.52 bits per heavy atom. The van der Waals surface area contributed by atoms with Crippen LogP contribution in [0.3, 0.4) is 0 Å². The number of unbranched alkanes of at least 4 members (excludes halogenated alkanes) is 4. The third-order valence-electron chi connectivity index (χ3n) is 4.91. The predicted octanol–water partition coefficient (Wildman–Crippen LogP) is 1.27. The average molecular weight is 386 g/mol. The number of likely N-dealkylation sites (tertiary alicyclic amines) is 1. The van der Waals surface area contributed by atoms with Crippen LogP contribution in [-0.4, -0.2) is 65.7 Å². The van der Waals surface area contributed by atoms with Gasteiger partial charge in [0.25, 0.3) is 0 Å². The molecule has 1 fully saturated rings. The summed E-state index contributed by atoms with van der Waals surface area (Å²) in [6, 6.07) is -1.98. The van der Waals surface area contributed by atoms with Crippen molar-refractivity contribution in [2.75, 3.05) is 19.7 Å². The van der Waals surface area contributed by atoms with Gasteiger partial charge in [0.15, 0.2) is 0 Å². The molecule has 0 bridgehead atoms. The van der Waals surface area contributed by atoms with Gasteiger partial charge >= 0.3 is 11.9 Å². The smallest absolute Gasteiger partial charge is 0.326 e. The molecule has 0 aliphatic carbocycles. The number of nitrogens with zero attached hydrogens (tertiary/aromatic N) is 1. The number of esters is 1. The van der Waals surface area contributed by atoms with Crippen molar-refractivity contribution in [3.8, 4) is 0 Å². The highest BCUT2D eigenvalue weighted by Gasteiger charge is 2.36. The van der Waals surface area contributed by atoms with E-state index in [0.29, 0.717) is 32.4 Å².